The molecule has 1 rings (SSSR count). The van der Waals surface area contributed by atoms with Gasteiger partial charge in [0.2, 0.25) is 0 Å². The van der Waals surface area contributed by atoms with Crippen molar-refractivity contribution in [3.05, 3.63) is 42.0 Å². The third kappa shape index (κ3) is 9.86. The summed E-state index contributed by atoms with van der Waals surface area (Å²) in [6.45, 7) is 0.317. The molecule has 0 bridgehead atoms. The Bertz CT molecular complexity index is 550. The van der Waals surface area contributed by atoms with Gasteiger partial charge in [0.15, 0.2) is 12.6 Å². The highest BCUT2D eigenvalue weighted by Gasteiger charge is 2.24. The molecular weight excluding hydrogens is 310 g/mol. The van der Waals surface area contributed by atoms with Crippen LogP contribution in [0.2, 0.25) is 0 Å². The van der Waals surface area contributed by atoms with Gasteiger partial charge in [-0.1, -0.05) is 36.4 Å². The molecule has 0 saturated heterocycles. The summed E-state index contributed by atoms with van der Waals surface area (Å²) in [4.78, 5) is 0. The predicted molar refractivity (Wildman–Crippen MR) is 67.5 cm³/mol. The van der Waals surface area contributed by atoms with Gasteiger partial charge >= 0.3 is 0 Å². The summed E-state index contributed by atoms with van der Waals surface area (Å²) < 4.78 is 34.3. The van der Waals surface area contributed by atoms with Crippen LogP contribution >= 0.6 is 0 Å². The Hall–Kier alpha value is -1.97. The van der Waals surface area contributed by atoms with Gasteiger partial charge in [-0.05, 0) is 11.6 Å². The monoisotopic (exact) mass is 325 g/mol. The first-order valence-corrected chi connectivity index (χ1v) is 7.28. The van der Waals surface area contributed by atoms with Crippen LogP contribution in [-0.4, -0.2) is 31.2 Å². The number of nitriles is 2. The lowest BCUT2D eigenvalue weighted by Gasteiger charge is -2.29. The highest BCUT2D eigenvalue weighted by Crippen LogP contribution is 2.10. The van der Waals surface area contributed by atoms with E-state index in [9.17, 15) is 0 Å². The minimum Gasteiger partial charge on any atom is -0.299 e. The zero-order valence-corrected chi connectivity index (χ0v) is 12.9. The number of halogens is 1. The maximum atomic E-state index is 9.14. The molecule has 1 aromatic rings. The van der Waals surface area contributed by atoms with Gasteiger partial charge in [0, 0.05) is 0 Å². The van der Waals surface area contributed by atoms with Crippen molar-refractivity contribution in [1.29, 1.82) is 10.5 Å². The second-order valence-electron chi connectivity index (χ2n) is 4.82. The molecule has 1 aromatic carbocycles. The fraction of sp³-hybridized carbons (Fsp3) is 0.286. The molecule has 0 saturated carbocycles. The first kappa shape index (κ1) is 20.0. The third-order valence-electron chi connectivity index (χ3n) is 2.63. The van der Waals surface area contributed by atoms with Crippen LogP contribution in [0.15, 0.2) is 36.4 Å². The summed E-state index contributed by atoms with van der Waals surface area (Å²) in [7, 11) is -1.18. The van der Waals surface area contributed by atoms with Crippen LogP contribution in [0.25, 0.3) is 6.08 Å². The van der Waals surface area contributed by atoms with E-state index in [2.05, 4.69) is 12.1 Å². The Kier molecular flexibility index (Phi) is 8.31. The fourth-order valence-electron chi connectivity index (χ4n) is 1.48. The Balaban J connectivity index is 0.000000763. The number of quaternary nitrogens is 1. The lowest BCUT2D eigenvalue weighted by molar-refractivity contribution is -2.00. The molecule has 0 spiro atoms. The van der Waals surface area contributed by atoms with Gasteiger partial charge in [0.25, 0.3) is 0 Å². The lowest BCUT2D eigenvalue weighted by atomic mass is 10.1. The van der Waals surface area contributed by atoms with Gasteiger partial charge in [0.1, 0.15) is 12.1 Å². The van der Waals surface area contributed by atoms with E-state index in [1.807, 2.05) is 56.6 Å². The molecule has 1 unspecified atom stereocenters. The smallest absolute Gasteiger partial charge is 0.196 e. The van der Waals surface area contributed by atoms with Crippen molar-refractivity contribution in [3.63, 3.8) is 0 Å². The zero-order chi connectivity index (χ0) is 17.2. The average Bonchev–Trinajstić information content (AvgIpc) is 2.38. The lowest BCUT2D eigenvalue weighted by Crippen LogP contribution is -2.68. The number of nitrogens with zero attached hydrogens (tertiary/aromatic N) is 3. The molecule has 0 aliphatic rings. The van der Waals surface area contributed by atoms with Crippen LogP contribution in [0.4, 0.5) is 0 Å². The zero-order valence-electron chi connectivity index (χ0n) is 12.2. The van der Waals surface area contributed by atoms with Gasteiger partial charge in [0.05, 0.1) is 14.1 Å². The molecule has 118 valence electrons. The van der Waals surface area contributed by atoms with Crippen molar-refractivity contribution in [2.24, 2.45) is 0 Å². The number of benzene rings is 1. The maximum Gasteiger partial charge on any atom is 0.196 e. The molecule has 0 aromatic heterocycles. The number of hydrogen-bond acceptors (Lipinski definition) is 6. The standard InChI is InChI=1S/C14H16N3.ClHO4/c1-17(2,11-10-15)14(12-16)9-8-13-6-4-3-5-7-13;2-1(3,4)5/h3-9,14H,11H2,1-2H3;(H,2,3,4,5)/q+1;/p-1/b9-8+;. The van der Waals surface area contributed by atoms with Crippen molar-refractivity contribution in [2.75, 3.05) is 20.6 Å². The Morgan fingerprint density at radius 1 is 1.14 bits per heavy atom. The molecule has 0 N–H and O–H groups in total. The molecule has 0 amide bonds. The van der Waals surface area contributed by atoms with Gasteiger partial charge in [-0.3, -0.25) is 4.48 Å². The van der Waals surface area contributed by atoms with Crippen LogP contribution in [-0.2, 0) is 0 Å². The fourth-order valence-corrected chi connectivity index (χ4v) is 1.48. The van der Waals surface area contributed by atoms with E-state index < -0.39 is 10.2 Å². The third-order valence-corrected chi connectivity index (χ3v) is 2.63. The molecule has 0 heterocycles. The second kappa shape index (κ2) is 9.13. The summed E-state index contributed by atoms with van der Waals surface area (Å²) in [5, 5.41) is 17.9. The molecule has 0 aliphatic carbocycles. The molecule has 22 heavy (non-hydrogen) atoms. The SMILES string of the molecule is C[N+](C)(CC#N)C(C#N)/C=C/c1ccccc1.[O-][Cl+3]([O-])([O-])[O-]. The molecule has 0 aliphatic heterocycles. The van der Waals surface area contributed by atoms with E-state index in [-0.39, 0.29) is 6.04 Å². The number of hydrogen-bond donors (Lipinski definition) is 0. The highest BCUT2D eigenvalue weighted by molar-refractivity contribution is 5.49. The van der Waals surface area contributed by atoms with E-state index in [4.69, 9.17) is 29.2 Å². The van der Waals surface area contributed by atoms with Gasteiger partial charge in [-0.25, -0.2) is 18.6 Å². The van der Waals surface area contributed by atoms with E-state index in [1.54, 1.807) is 0 Å². The maximum absolute atomic E-state index is 9.14. The van der Waals surface area contributed by atoms with Crippen molar-refractivity contribution >= 4 is 6.08 Å². The van der Waals surface area contributed by atoms with Crippen molar-refractivity contribution in [1.82, 2.24) is 0 Å². The topological polar surface area (TPSA) is 140 Å². The van der Waals surface area contributed by atoms with Crippen molar-refractivity contribution in [2.45, 2.75) is 6.04 Å². The van der Waals surface area contributed by atoms with Gasteiger partial charge in [-0.2, -0.15) is 10.5 Å². The van der Waals surface area contributed by atoms with E-state index in [0.717, 1.165) is 5.56 Å². The van der Waals surface area contributed by atoms with Crippen LogP contribution in [0.1, 0.15) is 5.56 Å². The van der Waals surface area contributed by atoms with Crippen LogP contribution in [0, 0.1) is 32.9 Å². The molecule has 8 heteroatoms. The Morgan fingerprint density at radius 2 is 1.64 bits per heavy atom. The molecule has 1 atom stereocenters. The first-order valence-electron chi connectivity index (χ1n) is 6.04. The summed E-state index contributed by atoms with van der Waals surface area (Å²) in [5.74, 6) is 0. The van der Waals surface area contributed by atoms with E-state index in [0.29, 0.717) is 11.0 Å². The van der Waals surface area contributed by atoms with E-state index >= 15 is 0 Å². The second-order valence-corrected chi connectivity index (χ2v) is 5.57. The minimum absolute atomic E-state index is 0.310. The van der Waals surface area contributed by atoms with Crippen LogP contribution < -0.4 is 18.6 Å². The number of rotatable bonds is 4. The largest absolute Gasteiger partial charge is 0.299 e. The molecule has 0 fully saturated rings. The van der Waals surface area contributed by atoms with Gasteiger partial charge in [-0.15, -0.1) is 10.2 Å². The van der Waals surface area contributed by atoms with Gasteiger partial charge < -0.3 is 0 Å². The van der Waals surface area contributed by atoms with Crippen LogP contribution in [0.3, 0.4) is 0 Å². The first-order chi connectivity index (χ1) is 10.1. The summed E-state index contributed by atoms with van der Waals surface area (Å²) in [6.07, 6.45) is 3.78. The Morgan fingerprint density at radius 3 is 2.05 bits per heavy atom. The Labute approximate surface area is 131 Å². The summed E-state index contributed by atoms with van der Waals surface area (Å²) in [6, 6.07) is 13.9. The summed E-state index contributed by atoms with van der Waals surface area (Å²) >= 11 is 0. The van der Waals surface area contributed by atoms with E-state index in [1.165, 1.54) is 0 Å². The molecule has 7 nitrogen and oxygen atoms in total. The molecule has 0 radical (unpaired) electrons. The highest BCUT2D eigenvalue weighted by atomic mass is 35.7. The predicted octanol–water partition coefficient (Wildman–Crippen LogP) is -2.56. The van der Waals surface area contributed by atoms with Crippen molar-refractivity contribution in [3.8, 4) is 12.1 Å². The summed E-state index contributed by atoms with van der Waals surface area (Å²) in [5.41, 5.74) is 1.06. The van der Waals surface area contributed by atoms with Crippen LogP contribution in [0.5, 0.6) is 0 Å². The molecular formula is C14H16ClN3O4. The number of likely N-dealkylation sites (N-methyl/N-ethyl adjacent to an activating group) is 1. The normalized spacial score (nSPS) is 12.7. The van der Waals surface area contributed by atoms with Crippen molar-refractivity contribution < 1.29 is 33.4 Å². The quantitative estimate of drug-likeness (QED) is 0.440. The minimum atomic E-state index is -4.94. The average molecular weight is 326 g/mol.